The Kier molecular flexibility index (Phi) is 6.74. The van der Waals surface area contributed by atoms with Crippen molar-refractivity contribution >= 4 is 34.8 Å². The lowest BCUT2D eigenvalue weighted by Crippen LogP contribution is -2.65. The molecule has 204 valence electrons. The summed E-state index contributed by atoms with van der Waals surface area (Å²) in [4.78, 5) is 52.4. The van der Waals surface area contributed by atoms with Crippen LogP contribution in [0.25, 0.3) is 5.76 Å². The van der Waals surface area contributed by atoms with Gasteiger partial charge in [0.25, 0.3) is 5.91 Å². The number of amides is 2. The van der Waals surface area contributed by atoms with Gasteiger partial charge >= 0.3 is 0 Å². The molecule has 0 bridgehead atoms. The summed E-state index contributed by atoms with van der Waals surface area (Å²) in [5.41, 5.74) is 2.15. The van der Waals surface area contributed by atoms with Gasteiger partial charge in [-0.2, -0.15) is 0 Å². The van der Waals surface area contributed by atoms with E-state index in [0.717, 1.165) is 0 Å². The summed E-state index contributed by atoms with van der Waals surface area (Å²) in [7, 11) is 3.09. The molecule has 0 spiro atoms. The van der Waals surface area contributed by atoms with E-state index in [0.29, 0.717) is 5.56 Å². The molecule has 4 rings (SSSR count). The van der Waals surface area contributed by atoms with E-state index in [1.54, 1.807) is 40.1 Å². The number of aliphatic hydroxyl groups is 3. The standard InChI is InChI=1S/C26H32N4O8/c1-10(2)29-15(31)9-28-14-6-5-11-7-12-8-13-19(30(3)4)22(34)18(25(27)37)24(36)26(13,38)23(35)17(12)21(33)16(11)20(14)32/h5-6,10,12-13,19,28,32-33,36,38H,7-9H2,1-4H3,(H2,27,37)(H,29,31)/t12?,13?,19-,26?/m0/s1. The van der Waals surface area contributed by atoms with Gasteiger partial charge in [-0.05, 0) is 58.3 Å². The van der Waals surface area contributed by atoms with Crippen molar-refractivity contribution < 1.29 is 39.6 Å². The second-order valence-corrected chi connectivity index (χ2v) is 10.5. The van der Waals surface area contributed by atoms with Gasteiger partial charge in [0, 0.05) is 17.5 Å². The predicted octanol–water partition coefficient (Wildman–Crippen LogP) is -0.0995. The maximum atomic E-state index is 13.8. The van der Waals surface area contributed by atoms with Crippen LogP contribution >= 0.6 is 0 Å². The van der Waals surface area contributed by atoms with Gasteiger partial charge in [0.05, 0.1) is 23.8 Å². The van der Waals surface area contributed by atoms with Crippen LogP contribution < -0.4 is 16.4 Å². The van der Waals surface area contributed by atoms with E-state index in [1.807, 2.05) is 0 Å². The lowest BCUT2D eigenvalue weighted by molar-refractivity contribution is -0.153. The molecule has 3 aliphatic rings. The number of hydrogen-bond donors (Lipinski definition) is 7. The number of ketones is 2. The van der Waals surface area contributed by atoms with Crippen LogP contribution in [0.2, 0.25) is 0 Å². The zero-order chi connectivity index (χ0) is 28.3. The Bertz CT molecular complexity index is 1310. The average molecular weight is 529 g/mol. The number of nitrogens with zero attached hydrogens (tertiary/aromatic N) is 1. The van der Waals surface area contributed by atoms with Crippen LogP contribution in [0.4, 0.5) is 5.69 Å². The Morgan fingerprint density at radius 2 is 1.84 bits per heavy atom. The highest BCUT2D eigenvalue weighted by molar-refractivity contribution is 6.24. The molecule has 38 heavy (non-hydrogen) atoms. The molecule has 1 aromatic rings. The minimum absolute atomic E-state index is 0.0158. The fraction of sp³-hybridized carbons (Fsp3) is 0.462. The molecule has 0 saturated heterocycles. The SMILES string of the molecule is CC(C)NC(=O)CNc1ccc2c(c1O)C(O)=C1C(=O)C3(O)C(O)=C(C(N)=O)C(=O)[C@@H](N(C)C)C3CC1C2. The number of fused-ring (bicyclic) bond motifs is 3. The van der Waals surface area contributed by atoms with E-state index in [1.165, 1.54) is 4.90 Å². The largest absolute Gasteiger partial charge is 0.508 e. The number of carbonyl (C=O) groups is 4. The number of aromatic hydroxyl groups is 1. The first-order valence-corrected chi connectivity index (χ1v) is 12.2. The fourth-order valence-corrected chi connectivity index (χ4v) is 5.91. The topological polar surface area (TPSA) is 203 Å². The highest BCUT2D eigenvalue weighted by atomic mass is 16.3. The Morgan fingerprint density at radius 1 is 1.18 bits per heavy atom. The maximum Gasteiger partial charge on any atom is 0.255 e. The molecule has 8 N–H and O–H groups in total. The highest BCUT2D eigenvalue weighted by Gasteiger charge is 2.64. The van der Waals surface area contributed by atoms with Crippen LogP contribution in [0, 0.1) is 11.8 Å². The summed E-state index contributed by atoms with van der Waals surface area (Å²) in [5, 5.41) is 50.2. The molecule has 3 aliphatic carbocycles. The number of likely N-dealkylation sites (N-methyl/N-ethyl adjacent to an activating group) is 1. The summed E-state index contributed by atoms with van der Waals surface area (Å²) >= 11 is 0. The molecule has 0 aliphatic heterocycles. The molecule has 0 radical (unpaired) electrons. The van der Waals surface area contributed by atoms with Gasteiger partial charge in [-0.15, -0.1) is 0 Å². The van der Waals surface area contributed by atoms with Crippen LogP contribution in [0.3, 0.4) is 0 Å². The number of primary amides is 1. The summed E-state index contributed by atoms with van der Waals surface area (Å²) in [6.07, 6.45) is 0.206. The normalized spacial score (nSPS) is 26.8. The second-order valence-electron chi connectivity index (χ2n) is 10.5. The zero-order valence-electron chi connectivity index (χ0n) is 21.5. The van der Waals surface area contributed by atoms with E-state index in [9.17, 15) is 39.6 Å². The number of rotatable bonds is 6. The molecule has 1 saturated carbocycles. The summed E-state index contributed by atoms with van der Waals surface area (Å²) in [5.74, 6) is -7.37. The molecule has 12 heteroatoms. The zero-order valence-corrected chi connectivity index (χ0v) is 21.5. The monoisotopic (exact) mass is 528 g/mol. The smallest absolute Gasteiger partial charge is 0.255 e. The number of nitrogens with two attached hydrogens (primary N) is 1. The van der Waals surface area contributed by atoms with Crippen molar-refractivity contribution in [1.29, 1.82) is 0 Å². The van der Waals surface area contributed by atoms with Gasteiger partial charge in [-0.1, -0.05) is 6.07 Å². The molecule has 12 nitrogen and oxygen atoms in total. The van der Waals surface area contributed by atoms with Gasteiger partial charge < -0.3 is 36.8 Å². The minimum atomic E-state index is -2.69. The van der Waals surface area contributed by atoms with Gasteiger partial charge in [-0.25, -0.2) is 0 Å². The predicted molar refractivity (Wildman–Crippen MR) is 136 cm³/mol. The number of hydrogen-bond acceptors (Lipinski definition) is 10. The number of aliphatic hydroxyl groups excluding tert-OH is 2. The lowest BCUT2D eigenvalue weighted by Gasteiger charge is -2.50. The van der Waals surface area contributed by atoms with Crippen molar-refractivity contribution in [2.24, 2.45) is 17.6 Å². The number of phenols is 1. The van der Waals surface area contributed by atoms with Crippen LogP contribution in [0.15, 0.2) is 29.0 Å². The third-order valence-electron chi connectivity index (χ3n) is 7.48. The molecule has 4 atom stereocenters. The molecule has 2 amide bonds. The Balaban J connectivity index is 1.80. The first-order valence-electron chi connectivity index (χ1n) is 12.2. The van der Waals surface area contributed by atoms with Crippen molar-refractivity contribution in [3.63, 3.8) is 0 Å². The van der Waals surface area contributed by atoms with E-state index in [4.69, 9.17) is 5.73 Å². The lowest BCUT2D eigenvalue weighted by atomic mass is 9.57. The number of Topliss-reactive ketones (excluding diaryl/α,β-unsaturated/α-hetero) is 2. The third kappa shape index (κ3) is 4.00. The van der Waals surface area contributed by atoms with E-state index >= 15 is 0 Å². The molecule has 0 heterocycles. The van der Waals surface area contributed by atoms with E-state index < -0.39 is 63.8 Å². The number of phenolic OH excluding ortho intramolecular Hbond substituents is 1. The summed E-state index contributed by atoms with van der Waals surface area (Å²) in [6, 6.07) is 1.98. The first-order chi connectivity index (χ1) is 17.7. The molecular formula is C26H32N4O8. The maximum absolute atomic E-state index is 13.8. The van der Waals surface area contributed by atoms with Gasteiger partial charge in [0.15, 0.2) is 11.4 Å². The Morgan fingerprint density at radius 3 is 2.42 bits per heavy atom. The number of benzene rings is 1. The van der Waals surface area contributed by atoms with Crippen molar-refractivity contribution in [2.75, 3.05) is 26.0 Å². The van der Waals surface area contributed by atoms with Crippen LogP contribution in [0.1, 0.15) is 31.4 Å². The molecular weight excluding hydrogens is 496 g/mol. The number of anilines is 1. The molecule has 0 aromatic heterocycles. The average Bonchev–Trinajstić information content (AvgIpc) is 2.80. The molecule has 1 fully saturated rings. The van der Waals surface area contributed by atoms with Gasteiger partial charge in [0.2, 0.25) is 11.7 Å². The van der Waals surface area contributed by atoms with Gasteiger partial charge in [-0.3, -0.25) is 24.1 Å². The first kappa shape index (κ1) is 27.1. The van der Waals surface area contributed by atoms with Crippen LogP contribution in [0.5, 0.6) is 5.75 Å². The number of carbonyl (C=O) groups excluding carboxylic acids is 4. The Labute approximate surface area is 218 Å². The highest BCUT2D eigenvalue weighted by Crippen LogP contribution is 2.53. The van der Waals surface area contributed by atoms with Crippen molar-refractivity contribution in [2.45, 2.75) is 44.4 Å². The van der Waals surface area contributed by atoms with Crippen molar-refractivity contribution in [1.82, 2.24) is 10.2 Å². The van der Waals surface area contributed by atoms with E-state index in [-0.39, 0.29) is 48.2 Å². The van der Waals surface area contributed by atoms with Gasteiger partial charge in [0.1, 0.15) is 22.8 Å². The molecule has 1 aromatic carbocycles. The minimum Gasteiger partial charge on any atom is -0.508 e. The summed E-state index contributed by atoms with van der Waals surface area (Å²) in [6.45, 7) is 3.45. The quantitative estimate of drug-likeness (QED) is 0.193. The van der Waals surface area contributed by atoms with Crippen LogP contribution in [-0.4, -0.2) is 87.0 Å². The third-order valence-corrected chi connectivity index (χ3v) is 7.48. The van der Waals surface area contributed by atoms with E-state index in [2.05, 4.69) is 10.6 Å². The second kappa shape index (κ2) is 9.44. The van der Waals surface area contributed by atoms with Crippen LogP contribution in [-0.2, 0) is 25.6 Å². The molecule has 3 unspecified atom stereocenters. The van der Waals surface area contributed by atoms with Crippen molar-refractivity contribution in [3.8, 4) is 5.75 Å². The number of nitrogens with one attached hydrogen (secondary N) is 2. The van der Waals surface area contributed by atoms with Crippen molar-refractivity contribution in [3.05, 3.63) is 40.2 Å². The summed E-state index contributed by atoms with van der Waals surface area (Å²) < 4.78 is 0. The fourth-order valence-electron chi connectivity index (χ4n) is 5.91. The Hall–Kier alpha value is -3.90.